The van der Waals surface area contributed by atoms with Crippen LogP contribution in [0.5, 0.6) is 0 Å². The van der Waals surface area contributed by atoms with Gasteiger partial charge in [-0.25, -0.2) is 0 Å². The van der Waals surface area contributed by atoms with Crippen molar-refractivity contribution in [3.63, 3.8) is 0 Å². The minimum Gasteiger partial charge on any atom is -0.380 e. The van der Waals surface area contributed by atoms with Crippen molar-refractivity contribution in [1.82, 2.24) is 4.73 Å². The minimum absolute atomic E-state index is 0.0644. The van der Waals surface area contributed by atoms with Crippen LogP contribution in [0.3, 0.4) is 0 Å². The molecule has 0 aliphatic carbocycles. The number of rotatable bonds is 7. The molecule has 0 radical (unpaired) electrons. The van der Waals surface area contributed by atoms with E-state index in [0.29, 0.717) is 16.8 Å². The average Bonchev–Trinajstić information content (AvgIpc) is 2.71. The molecule has 0 unspecified atom stereocenters. The first-order valence-corrected chi connectivity index (χ1v) is 10.8. The van der Waals surface area contributed by atoms with Crippen LogP contribution in [-0.4, -0.2) is 26.0 Å². The van der Waals surface area contributed by atoms with Crippen LogP contribution in [0, 0.1) is 6.92 Å². The topological polar surface area (TPSA) is 74.6 Å². The summed E-state index contributed by atoms with van der Waals surface area (Å²) < 4.78 is 35.0. The highest BCUT2D eigenvalue weighted by molar-refractivity contribution is 7.86. The van der Waals surface area contributed by atoms with Crippen molar-refractivity contribution >= 4 is 33.0 Å². The maximum Gasteiger partial charge on any atom is 0.326 e. The summed E-state index contributed by atoms with van der Waals surface area (Å²) in [5.74, 6) is -0.249. The predicted octanol–water partition coefficient (Wildman–Crippen LogP) is 3.41. The SMILES string of the molecule is CCS(=O)(=O)On1c(/C=C/c2ccc3ccccc3c2)cc(C)c(COC)c1=O. The number of nitrogens with zero attached hydrogens (tertiary/aromatic N) is 1. The normalized spacial score (nSPS) is 12.0. The van der Waals surface area contributed by atoms with E-state index < -0.39 is 15.7 Å². The van der Waals surface area contributed by atoms with Crippen LogP contribution in [0.2, 0.25) is 0 Å². The molecule has 0 spiro atoms. The van der Waals surface area contributed by atoms with E-state index in [9.17, 15) is 13.2 Å². The first-order chi connectivity index (χ1) is 13.8. The number of hydrogen-bond acceptors (Lipinski definition) is 5. The molecule has 0 bridgehead atoms. The molecule has 29 heavy (non-hydrogen) atoms. The Kier molecular flexibility index (Phi) is 6.20. The molecule has 2 aromatic carbocycles. The van der Waals surface area contributed by atoms with Crippen LogP contribution in [0.25, 0.3) is 22.9 Å². The fourth-order valence-corrected chi connectivity index (χ4v) is 3.43. The third kappa shape index (κ3) is 4.75. The van der Waals surface area contributed by atoms with Crippen LogP contribution in [0.1, 0.15) is 29.3 Å². The van der Waals surface area contributed by atoms with Crippen molar-refractivity contribution in [3.8, 4) is 0 Å². The van der Waals surface area contributed by atoms with Crippen molar-refractivity contribution in [2.45, 2.75) is 20.5 Å². The van der Waals surface area contributed by atoms with Gasteiger partial charge < -0.3 is 4.74 Å². The first-order valence-electron chi connectivity index (χ1n) is 9.18. The number of aryl methyl sites for hydroxylation is 1. The summed E-state index contributed by atoms with van der Waals surface area (Å²) in [6.45, 7) is 3.30. The quantitative estimate of drug-likeness (QED) is 0.593. The molecular weight excluding hydrogens is 390 g/mol. The number of pyridine rings is 1. The van der Waals surface area contributed by atoms with Crippen molar-refractivity contribution in [1.29, 1.82) is 0 Å². The van der Waals surface area contributed by atoms with Gasteiger partial charge in [0.1, 0.15) is 0 Å². The third-order valence-electron chi connectivity index (χ3n) is 4.57. The van der Waals surface area contributed by atoms with E-state index >= 15 is 0 Å². The molecule has 0 atom stereocenters. The second-order valence-corrected chi connectivity index (χ2v) is 8.47. The summed E-state index contributed by atoms with van der Waals surface area (Å²) in [6, 6.07) is 15.7. The molecule has 0 amide bonds. The standard InChI is InChI=1S/C22H23NO5S/c1-4-29(25,26)28-23-20(13-16(2)21(15-27-3)22(23)24)12-10-17-9-11-18-7-5-6-8-19(18)14-17/h5-14H,4,15H2,1-3H3/b12-10+. The second-order valence-electron chi connectivity index (χ2n) is 6.62. The first kappa shape index (κ1) is 20.8. The summed E-state index contributed by atoms with van der Waals surface area (Å²) in [5.41, 5.74) is 1.74. The molecule has 0 aliphatic heterocycles. The zero-order chi connectivity index (χ0) is 21.0. The van der Waals surface area contributed by atoms with Gasteiger partial charge in [-0.3, -0.25) is 9.08 Å². The highest BCUT2D eigenvalue weighted by Gasteiger charge is 2.17. The Hall–Kier alpha value is -2.90. The summed E-state index contributed by atoms with van der Waals surface area (Å²) in [7, 11) is -2.41. The van der Waals surface area contributed by atoms with E-state index in [1.54, 1.807) is 19.1 Å². The van der Waals surface area contributed by atoms with Crippen LogP contribution in [0.15, 0.2) is 53.3 Å². The molecule has 7 heteroatoms. The lowest BCUT2D eigenvalue weighted by molar-refractivity contribution is 0.179. The van der Waals surface area contributed by atoms with Crippen LogP contribution in [0.4, 0.5) is 0 Å². The highest BCUT2D eigenvalue weighted by atomic mass is 32.2. The van der Waals surface area contributed by atoms with Gasteiger partial charge in [0.15, 0.2) is 0 Å². The van der Waals surface area contributed by atoms with E-state index in [1.165, 1.54) is 14.0 Å². The summed E-state index contributed by atoms with van der Waals surface area (Å²) in [6.07, 6.45) is 3.48. The molecular formula is C22H23NO5S. The van der Waals surface area contributed by atoms with Crippen molar-refractivity contribution < 1.29 is 17.4 Å². The molecule has 6 nitrogen and oxygen atoms in total. The van der Waals surface area contributed by atoms with Gasteiger partial charge in [0.2, 0.25) is 0 Å². The van der Waals surface area contributed by atoms with Gasteiger partial charge in [0, 0.05) is 12.7 Å². The zero-order valence-electron chi connectivity index (χ0n) is 16.6. The molecule has 152 valence electrons. The van der Waals surface area contributed by atoms with Gasteiger partial charge in [0.05, 0.1) is 18.1 Å². The minimum atomic E-state index is -3.89. The highest BCUT2D eigenvalue weighted by Crippen LogP contribution is 2.18. The van der Waals surface area contributed by atoms with Crippen molar-refractivity contribution in [2.24, 2.45) is 0 Å². The molecule has 0 fully saturated rings. The second kappa shape index (κ2) is 8.63. The monoisotopic (exact) mass is 413 g/mol. The van der Waals surface area contributed by atoms with E-state index in [0.717, 1.165) is 21.1 Å². The number of ether oxygens (including phenoxy) is 1. The Morgan fingerprint density at radius 3 is 2.45 bits per heavy atom. The number of benzene rings is 2. The lowest BCUT2D eigenvalue weighted by atomic mass is 10.1. The maximum atomic E-state index is 12.8. The fourth-order valence-electron chi connectivity index (χ4n) is 2.95. The molecule has 3 rings (SSSR count). The lowest BCUT2D eigenvalue weighted by Crippen LogP contribution is -2.35. The molecule has 0 saturated carbocycles. The Labute approximate surface area is 170 Å². The molecule has 0 saturated heterocycles. The lowest BCUT2D eigenvalue weighted by Gasteiger charge is -2.14. The Bertz CT molecular complexity index is 1230. The molecule has 1 heterocycles. The Morgan fingerprint density at radius 1 is 1.03 bits per heavy atom. The number of aromatic nitrogens is 1. The van der Waals surface area contributed by atoms with Gasteiger partial charge in [-0.1, -0.05) is 42.5 Å². The molecule has 0 N–H and O–H groups in total. The molecule has 1 aromatic heterocycles. The van der Waals surface area contributed by atoms with E-state index in [4.69, 9.17) is 9.02 Å². The van der Waals surface area contributed by atoms with E-state index in [-0.39, 0.29) is 12.4 Å². The fraction of sp³-hybridized carbons (Fsp3) is 0.227. The summed E-state index contributed by atoms with van der Waals surface area (Å²) >= 11 is 0. The maximum absolute atomic E-state index is 12.8. The van der Waals surface area contributed by atoms with Crippen LogP contribution in [-0.2, 0) is 21.5 Å². The summed E-state index contributed by atoms with van der Waals surface area (Å²) in [5, 5.41) is 2.21. The largest absolute Gasteiger partial charge is 0.380 e. The van der Waals surface area contributed by atoms with E-state index in [1.807, 2.05) is 48.5 Å². The van der Waals surface area contributed by atoms with E-state index in [2.05, 4.69) is 0 Å². The third-order valence-corrected chi connectivity index (χ3v) is 5.65. The van der Waals surface area contributed by atoms with Crippen molar-refractivity contribution in [2.75, 3.05) is 12.9 Å². The van der Waals surface area contributed by atoms with Crippen LogP contribution >= 0.6 is 0 Å². The van der Waals surface area contributed by atoms with Crippen LogP contribution < -0.4 is 9.84 Å². The predicted molar refractivity (Wildman–Crippen MR) is 115 cm³/mol. The Morgan fingerprint density at radius 2 is 1.76 bits per heavy atom. The smallest absolute Gasteiger partial charge is 0.326 e. The number of hydrogen-bond donors (Lipinski definition) is 0. The molecule has 0 aliphatic rings. The Balaban J connectivity index is 2.08. The van der Waals surface area contributed by atoms with Gasteiger partial charge in [-0.2, -0.15) is 8.42 Å². The van der Waals surface area contributed by atoms with Gasteiger partial charge >= 0.3 is 10.1 Å². The van der Waals surface area contributed by atoms with Crippen molar-refractivity contribution in [3.05, 3.63) is 81.3 Å². The average molecular weight is 413 g/mol. The molecule has 3 aromatic rings. The van der Waals surface area contributed by atoms with Gasteiger partial charge in [-0.05, 0) is 54.0 Å². The summed E-state index contributed by atoms with van der Waals surface area (Å²) in [4.78, 5) is 12.8. The zero-order valence-corrected chi connectivity index (χ0v) is 17.4. The number of fused-ring (bicyclic) bond motifs is 1. The van der Waals surface area contributed by atoms with Gasteiger partial charge in [0.25, 0.3) is 5.56 Å². The van der Waals surface area contributed by atoms with Gasteiger partial charge in [-0.15, -0.1) is 4.73 Å². The number of methoxy groups -OCH3 is 1.